The largest absolute Gasteiger partial charge is 0.394 e. The van der Waals surface area contributed by atoms with E-state index in [1.165, 1.54) is 12.8 Å². The molecule has 0 radical (unpaired) electrons. The van der Waals surface area contributed by atoms with Gasteiger partial charge in [0.05, 0.1) is 11.9 Å². The SMILES string of the molecule is CC1(C)CCCC1Nc1nc(Cl)ncc1N. The van der Waals surface area contributed by atoms with Crippen LogP contribution in [0.1, 0.15) is 33.1 Å². The van der Waals surface area contributed by atoms with Crippen LogP contribution < -0.4 is 11.1 Å². The number of halogens is 1. The summed E-state index contributed by atoms with van der Waals surface area (Å²) in [5, 5.41) is 3.61. The fourth-order valence-electron chi connectivity index (χ4n) is 2.24. The smallest absolute Gasteiger partial charge is 0.224 e. The number of nitrogens with zero attached hydrogens (tertiary/aromatic N) is 2. The minimum Gasteiger partial charge on any atom is -0.394 e. The van der Waals surface area contributed by atoms with Crippen molar-refractivity contribution in [1.29, 1.82) is 0 Å². The maximum Gasteiger partial charge on any atom is 0.224 e. The Morgan fingerprint density at radius 1 is 1.56 bits per heavy atom. The minimum atomic E-state index is 0.229. The zero-order chi connectivity index (χ0) is 11.8. The van der Waals surface area contributed by atoms with Gasteiger partial charge in [0.25, 0.3) is 0 Å². The van der Waals surface area contributed by atoms with E-state index in [0.29, 0.717) is 17.5 Å². The fourth-order valence-corrected chi connectivity index (χ4v) is 2.38. The van der Waals surface area contributed by atoms with E-state index in [1.54, 1.807) is 6.20 Å². The Kier molecular flexibility index (Phi) is 2.93. The van der Waals surface area contributed by atoms with Crippen LogP contribution in [0.3, 0.4) is 0 Å². The molecule has 1 aromatic heterocycles. The second-order valence-electron chi connectivity index (χ2n) is 5.02. The van der Waals surface area contributed by atoms with Gasteiger partial charge in [0.1, 0.15) is 0 Å². The molecule has 1 aliphatic carbocycles. The number of anilines is 2. The van der Waals surface area contributed by atoms with Gasteiger partial charge in [-0.15, -0.1) is 0 Å². The first kappa shape index (κ1) is 11.5. The molecule has 1 aromatic rings. The molecular weight excluding hydrogens is 224 g/mol. The molecule has 1 heterocycles. The Labute approximate surface area is 101 Å². The van der Waals surface area contributed by atoms with Crippen molar-refractivity contribution in [3.8, 4) is 0 Å². The predicted molar refractivity (Wildman–Crippen MR) is 66.5 cm³/mol. The van der Waals surface area contributed by atoms with E-state index < -0.39 is 0 Å². The van der Waals surface area contributed by atoms with Crippen LogP contribution in [0.15, 0.2) is 6.20 Å². The highest BCUT2D eigenvalue weighted by Crippen LogP contribution is 2.39. The van der Waals surface area contributed by atoms with E-state index in [9.17, 15) is 0 Å². The first-order valence-corrected chi connectivity index (χ1v) is 5.91. The summed E-state index contributed by atoms with van der Waals surface area (Å²) in [6, 6.07) is 0.403. The Morgan fingerprint density at radius 2 is 2.31 bits per heavy atom. The van der Waals surface area contributed by atoms with E-state index >= 15 is 0 Å². The summed E-state index contributed by atoms with van der Waals surface area (Å²) >= 11 is 5.76. The highest BCUT2D eigenvalue weighted by atomic mass is 35.5. The lowest BCUT2D eigenvalue weighted by Crippen LogP contribution is -2.31. The normalized spacial score (nSPS) is 23.3. The molecule has 1 unspecified atom stereocenters. The zero-order valence-electron chi connectivity index (χ0n) is 9.63. The van der Waals surface area contributed by atoms with Crippen LogP contribution in [-0.2, 0) is 0 Å². The summed E-state index contributed by atoms with van der Waals surface area (Å²) in [7, 11) is 0. The first-order chi connectivity index (χ1) is 7.49. The van der Waals surface area contributed by atoms with Gasteiger partial charge < -0.3 is 11.1 Å². The molecule has 1 fully saturated rings. The highest BCUT2D eigenvalue weighted by molar-refractivity contribution is 6.28. The van der Waals surface area contributed by atoms with Gasteiger partial charge in [-0.1, -0.05) is 20.3 Å². The van der Waals surface area contributed by atoms with Gasteiger partial charge in [-0.3, -0.25) is 0 Å². The van der Waals surface area contributed by atoms with E-state index in [0.717, 1.165) is 6.42 Å². The number of nitrogens with two attached hydrogens (primary N) is 1. The molecule has 0 aliphatic heterocycles. The van der Waals surface area contributed by atoms with Crippen LogP contribution in [0.2, 0.25) is 5.28 Å². The minimum absolute atomic E-state index is 0.229. The van der Waals surface area contributed by atoms with Crippen molar-refractivity contribution >= 4 is 23.1 Å². The van der Waals surface area contributed by atoms with Crippen LogP contribution in [0.4, 0.5) is 11.5 Å². The van der Waals surface area contributed by atoms with Crippen LogP contribution in [-0.4, -0.2) is 16.0 Å². The Hall–Kier alpha value is -1.03. The van der Waals surface area contributed by atoms with Gasteiger partial charge in [-0.05, 0) is 29.9 Å². The second-order valence-corrected chi connectivity index (χ2v) is 5.36. The van der Waals surface area contributed by atoms with Crippen LogP contribution in [0, 0.1) is 5.41 Å². The molecule has 1 aliphatic rings. The summed E-state index contributed by atoms with van der Waals surface area (Å²) in [6.45, 7) is 4.52. The standard InChI is InChI=1S/C11H17ClN4/c1-11(2)5-3-4-8(11)15-9-7(13)6-14-10(12)16-9/h6,8H,3-5,13H2,1-2H3,(H,14,15,16). The Balaban J connectivity index is 2.17. The summed E-state index contributed by atoms with van der Waals surface area (Å²) < 4.78 is 0. The Bertz CT molecular complexity index is 392. The maximum atomic E-state index is 5.81. The van der Waals surface area contributed by atoms with E-state index in [4.69, 9.17) is 17.3 Å². The van der Waals surface area contributed by atoms with Crippen molar-refractivity contribution in [2.45, 2.75) is 39.2 Å². The number of hydrogen-bond acceptors (Lipinski definition) is 4. The summed E-state index contributed by atoms with van der Waals surface area (Å²) in [6.07, 6.45) is 5.15. The molecule has 3 N–H and O–H groups in total. The van der Waals surface area contributed by atoms with Gasteiger partial charge in [0.15, 0.2) is 5.82 Å². The van der Waals surface area contributed by atoms with Gasteiger partial charge in [0, 0.05) is 6.04 Å². The predicted octanol–water partition coefficient (Wildman–Crippen LogP) is 2.70. The van der Waals surface area contributed by atoms with Gasteiger partial charge in [-0.2, -0.15) is 4.98 Å². The summed E-state index contributed by atoms with van der Waals surface area (Å²) in [5.74, 6) is 0.653. The van der Waals surface area contributed by atoms with Crippen molar-refractivity contribution in [3.05, 3.63) is 11.5 Å². The zero-order valence-corrected chi connectivity index (χ0v) is 10.4. The number of nitrogen functional groups attached to an aromatic ring is 1. The maximum absolute atomic E-state index is 5.81. The molecule has 16 heavy (non-hydrogen) atoms. The molecule has 0 saturated heterocycles. The molecule has 0 spiro atoms. The van der Waals surface area contributed by atoms with Crippen molar-refractivity contribution in [2.24, 2.45) is 5.41 Å². The lowest BCUT2D eigenvalue weighted by molar-refractivity contribution is 0.349. The Morgan fingerprint density at radius 3 is 2.94 bits per heavy atom. The third kappa shape index (κ3) is 2.21. The lowest BCUT2D eigenvalue weighted by Gasteiger charge is -2.28. The molecule has 4 nitrogen and oxygen atoms in total. The van der Waals surface area contributed by atoms with Gasteiger partial charge in [0.2, 0.25) is 5.28 Å². The third-order valence-electron chi connectivity index (χ3n) is 3.36. The topological polar surface area (TPSA) is 63.8 Å². The molecule has 1 atom stereocenters. The van der Waals surface area contributed by atoms with Gasteiger partial charge >= 0.3 is 0 Å². The van der Waals surface area contributed by atoms with E-state index in [1.807, 2.05) is 0 Å². The average molecular weight is 241 g/mol. The molecule has 5 heteroatoms. The third-order valence-corrected chi connectivity index (χ3v) is 3.54. The summed E-state index contributed by atoms with van der Waals surface area (Å²) in [5.41, 5.74) is 6.64. The molecular formula is C11H17ClN4. The fraction of sp³-hybridized carbons (Fsp3) is 0.636. The number of rotatable bonds is 2. The molecule has 2 rings (SSSR count). The molecule has 0 amide bonds. The van der Waals surface area contributed by atoms with E-state index in [-0.39, 0.29) is 10.7 Å². The van der Waals surface area contributed by atoms with Crippen molar-refractivity contribution in [3.63, 3.8) is 0 Å². The lowest BCUT2D eigenvalue weighted by atomic mass is 9.87. The molecule has 88 valence electrons. The highest BCUT2D eigenvalue weighted by Gasteiger charge is 2.34. The van der Waals surface area contributed by atoms with Crippen LogP contribution >= 0.6 is 11.6 Å². The summed E-state index contributed by atoms with van der Waals surface area (Å²) in [4.78, 5) is 7.96. The number of aromatic nitrogens is 2. The molecule has 0 bridgehead atoms. The van der Waals surface area contributed by atoms with Crippen molar-refractivity contribution in [2.75, 3.05) is 11.1 Å². The first-order valence-electron chi connectivity index (χ1n) is 5.53. The monoisotopic (exact) mass is 240 g/mol. The van der Waals surface area contributed by atoms with E-state index in [2.05, 4.69) is 29.1 Å². The van der Waals surface area contributed by atoms with Gasteiger partial charge in [-0.25, -0.2) is 4.98 Å². The second kappa shape index (κ2) is 4.09. The van der Waals surface area contributed by atoms with Crippen LogP contribution in [0.25, 0.3) is 0 Å². The quantitative estimate of drug-likeness (QED) is 0.781. The molecule has 0 aromatic carbocycles. The number of nitrogens with one attached hydrogen (secondary N) is 1. The van der Waals surface area contributed by atoms with Crippen LogP contribution in [0.5, 0.6) is 0 Å². The van der Waals surface area contributed by atoms with Crippen molar-refractivity contribution < 1.29 is 0 Å². The van der Waals surface area contributed by atoms with Crippen molar-refractivity contribution in [1.82, 2.24) is 9.97 Å². The molecule has 1 saturated carbocycles. The number of hydrogen-bond donors (Lipinski definition) is 2. The average Bonchev–Trinajstić information content (AvgIpc) is 2.52.